The number of rotatable bonds is 1. The second kappa shape index (κ2) is 3.49. The summed E-state index contributed by atoms with van der Waals surface area (Å²) in [6.07, 6.45) is -1.15. The SMILES string of the molecule is NC(=O)Oc1ccc(O)c(Cl)c1F. The molecule has 0 saturated carbocycles. The smallest absolute Gasteiger partial charge is 0.410 e. The van der Waals surface area contributed by atoms with Crippen molar-refractivity contribution in [2.75, 3.05) is 0 Å². The molecule has 0 bridgehead atoms. The minimum atomic E-state index is -1.15. The average molecular weight is 206 g/mol. The summed E-state index contributed by atoms with van der Waals surface area (Å²) in [5, 5.41) is 8.40. The van der Waals surface area contributed by atoms with Crippen LogP contribution in [0.4, 0.5) is 9.18 Å². The van der Waals surface area contributed by atoms with Crippen molar-refractivity contribution < 1.29 is 19.0 Å². The molecule has 0 saturated heterocycles. The van der Waals surface area contributed by atoms with Gasteiger partial charge in [0, 0.05) is 0 Å². The molecule has 13 heavy (non-hydrogen) atoms. The highest BCUT2D eigenvalue weighted by Gasteiger charge is 2.13. The van der Waals surface area contributed by atoms with Crippen LogP contribution in [0.5, 0.6) is 11.5 Å². The molecule has 0 unspecified atom stereocenters. The Morgan fingerprint density at radius 2 is 2.23 bits per heavy atom. The molecule has 1 aromatic rings. The molecule has 1 rings (SSSR count). The molecule has 0 aliphatic rings. The molecule has 3 N–H and O–H groups in total. The maximum atomic E-state index is 13.0. The fourth-order valence-corrected chi connectivity index (χ4v) is 0.865. The summed E-state index contributed by atoms with van der Waals surface area (Å²) in [5.41, 5.74) is 4.65. The molecule has 1 amide bonds. The van der Waals surface area contributed by atoms with Gasteiger partial charge < -0.3 is 15.6 Å². The van der Waals surface area contributed by atoms with Crippen molar-refractivity contribution in [1.82, 2.24) is 0 Å². The second-order valence-electron chi connectivity index (χ2n) is 2.13. The van der Waals surface area contributed by atoms with Gasteiger partial charge in [0.15, 0.2) is 11.6 Å². The van der Waals surface area contributed by atoms with Gasteiger partial charge in [0.2, 0.25) is 0 Å². The van der Waals surface area contributed by atoms with Crippen LogP contribution in [0.15, 0.2) is 12.1 Å². The Hall–Kier alpha value is -1.49. The number of carbonyl (C=O) groups is 1. The number of nitrogens with two attached hydrogens (primary N) is 1. The minimum absolute atomic E-state index is 0.421. The molecular formula is C7H5ClFNO3. The van der Waals surface area contributed by atoms with Gasteiger partial charge in [-0.2, -0.15) is 0 Å². The van der Waals surface area contributed by atoms with Crippen LogP contribution in [0.3, 0.4) is 0 Å². The monoisotopic (exact) mass is 205 g/mol. The molecule has 1 aromatic carbocycles. The summed E-state index contributed by atoms with van der Waals surface area (Å²) in [6.45, 7) is 0. The predicted molar refractivity (Wildman–Crippen MR) is 43.3 cm³/mol. The first-order chi connectivity index (χ1) is 6.02. The van der Waals surface area contributed by atoms with Crippen LogP contribution in [0.2, 0.25) is 5.02 Å². The highest BCUT2D eigenvalue weighted by atomic mass is 35.5. The van der Waals surface area contributed by atoms with E-state index in [1.54, 1.807) is 0 Å². The van der Waals surface area contributed by atoms with Crippen molar-refractivity contribution in [3.63, 3.8) is 0 Å². The Kier molecular flexibility index (Phi) is 2.57. The third kappa shape index (κ3) is 2.00. The number of amides is 1. The van der Waals surface area contributed by atoms with E-state index in [4.69, 9.17) is 16.7 Å². The number of halogens is 2. The number of ether oxygens (including phenoxy) is 1. The predicted octanol–water partition coefficient (Wildman–Crippen LogP) is 1.64. The summed E-state index contributed by atoms with van der Waals surface area (Å²) in [4.78, 5) is 10.2. The van der Waals surface area contributed by atoms with Crippen LogP contribution in [-0.4, -0.2) is 11.2 Å². The van der Waals surface area contributed by atoms with Crippen molar-refractivity contribution in [2.45, 2.75) is 0 Å². The Morgan fingerprint density at radius 1 is 1.62 bits per heavy atom. The fraction of sp³-hybridized carbons (Fsp3) is 0. The quantitative estimate of drug-likeness (QED) is 0.732. The van der Waals surface area contributed by atoms with E-state index < -0.39 is 28.4 Å². The van der Waals surface area contributed by atoms with Crippen molar-refractivity contribution in [3.8, 4) is 11.5 Å². The highest BCUT2D eigenvalue weighted by molar-refractivity contribution is 6.32. The van der Waals surface area contributed by atoms with Gasteiger partial charge in [0.25, 0.3) is 0 Å². The molecule has 6 heteroatoms. The van der Waals surface area contributed by atoms with E-state index in [1.807, 2.05) is 0 Å². The number of benzene rings is 1. The molecule has 0 aromatic heterocycles. The van der Waals surface area contributed by atoms with Gasteiger partial charge in [-0.1, -0.05) is 11.6 Å². The summed E-state index contributed by atoms with van der Waals surface area (Å²) in [6, 6.07) is 2.13. The van der Waals surface area contributed by atoms with Crippen LogP contribution in [0.25, 0.3) is 0 Å². The third-order valence-electron chi connectivity index (χ3n) is 1.24. The molecule has 4 nitrogen and oxygen atoms in total. The highest BCUT2D eigenvalue weighted by Crippen LogP contribution is 2.32. The molecular weight excluding hydrogens is 201 g/mol. The molecule has 0 heterocycles. The zero-order valence-electron chi connectivity index (χ0n) is 6.25. The maximum Gasteiger partial charge on any atom is 0.410 e. The second-order valence-corrected chi connectivity index (χ2v) is 2.51. The number of aromatic hydroxyl groups is 1. The Morgan fingerprint density at radius 3 is 2.77 bits per heavy atom. The fourth-order valence-electron chi connectivity index (χ4n) is 0.709. The van der Waals surface area contributed by atoms with Crippen molar-refractivity contribution in [2.24, 2.45) is 5.73 Å². The molecule has 70 valence electrons. The largest absolute Gasteiger partial charge is 0.506 e. The lowest BCUT2D eigenvalue weighted by Gasteiger charge is -2.04. The standard InChI is InChI=1S/C7H5ClFNO3/c8-5-3(11)1-2-4(6(5)9)13-7(10)12/h1-2,11H,(H2,10,12). The molecule has 0 aliphatic heterocycles. The average Bonchev–Trinajstić information content (AvgIpc) is 2.06. The van der Waals surface area contributed by atoms with Gasteiger partial charge in [-0.05, 0) is 12.1 Å². The van der Waals surface area contributed by atoms with E-state index in [1.165, 1.54) is 0 Å². The first-order valence-electron chi connectivity index (χ1n) is 3.16. The van der Waals surface area contributed by atoms with Gasteiger partial charge in [0.05, 0.1) is 0 Å². The lowest BCUT2D eigenvalue weighted by atomic mass is 10.3. The van der Waals surface area contributed by atoms with Crippen LogP contribution < -0.4 is 10.5 Å². The Bertz CT molecular complexity index is 356. The summed E-state index contributed by atoms with van der Waals surface area (Å²) < 4.78 is 17.2. The topological polar surface area (TPSA) is 72.6 Å². The van der Waals surface area contributed by atoms with E-state index in [9.17, 15) is 9.18 Å². The van der Waals surface area contributed by atoms with Crippen LogP contribution in [0, 0.1) is 5.82 Å². The zero-order chi connectivity index (χ0) is 10.0. The normalized spacial score (nSPS) is 9.69. The first-order valence-corrected chi connectivity index (χ1v) is 3.54. The first kappa shape index (κ1) is 9.60. The van der Waals surface area contributed by atoms with Crippen LogP contribution >= 0.6 is 11.6 Å². The van der Waals surface area contributed by atoms with Gasteiger partial charge in [-0.15, -0.1) is 0 Å². The Balaban J connectivity index is 3.10. The Labute approximate surface area is 77.7 Å². The van der Waals surface area contributed by atoms with E-state index in [-0.39, 0.29) is 0 Å². The lowest BCUT2D eigenvalue weighted by molar-refractivity contribution is 0.208. The van der Waals surface area contributed by atoms with E-state index >= 15 is 0 Å². The number of hydrogen-bond donors (Lipinski definition) is 2. The number of carbonyl (C=O) groups excluding carboxylic acids is 1. The summed E-state index contributed by atoms with van der Waals surface area (Å²) >= 11 is 5.31. The van der Waals surface area contributed by atoms with Gasteiger partial charge >= 0.3 is 6.09 Å². The molecule has 0 atom stereocenters. The summed E-state index contributed by atoms with van der Waals surface area (Å²) in [5.74, 6) is -1.88. The molecule has 0 spiro atoms. The van der Waals surface area contributed by atoms with Gasteiger partial charge in [-0.25, -0.2) is 9.18 Å². The zero-order valence-corrected chi connectivity index (χ0v) is 7.01. The molecule has 0 radical (unpaired) electrons. The van der Waals surface area contributed by atoms with Crippen molar-refractivity contribution in [3.05, 3.63) is 23.0 Å². The van der Waals surface area contributed by atoms with E-state index in [0.717, 1.165) is 12.1 Å². The number of hydrogen-bond acceptors (Lipinski definition) is 3. The van der Waals surface area contributed by atoms with E-state index in [2.05, 4.69) is 10.5 Å². The van der Waals surface area contributed by atoms with Crippen LogP contribution in [-0.2, 0) is 0 Å². The lowest BCUT2D eigenvalue weighted by Crippen LogP contribution is -2.16. The summed E-state index contributed by atoms with van der Waals surface area (Å²) in [7, 11) is 0. The molecule has 0 fully saturated rings. The minimum Gasteiger partial charge on any atom is -0.506 e. The number of primary amides is 1. The van der Waals surface area contributed by atoms with Gasteiger partial charge in [-0.3, -0.25) is 0 Å². The van der Waals surface area contributed by atoms with Crippen molar-refractivity contribution in [1.29, 1.82) is 0 Å². The maximum absolute atomic E-state index is 13.0. The molecule has 0 aliphatic carbocycles. The number of phenols is 1. The van der Waals surface area contributed by atoms with Gasteiger partial charge in [0.1, 0.15) is 10.8 Å². The third-order valence-corrected chi connectivity index (χ3v) is 1.60. The van der Waals surface area contributed by atoms with Crippen molar-refractivity contribution >= 4 is 17.7 Å². The van der Waals surface area contributed by atoms with Crippen LogP contribution in [0.1, 0.15) is 0 Å². The van der Waals surface area contributed by atoms with E-state index in [0.29, 0.717) is 0 Å². The number of phenolic OH excluding ortho intramolecular Hbond substituents is 1.